The van der Waals surface area contributed by atoms with Crippen LogP contribution in [0.5, 0.6) is 0 Å². The first-order valence-electron chi connectivity index (χ1n) is 12.5. The molecule has 0 fully saturated rings. The first-order valence-corrected chi connectivity index (χ1v) is 13.2. The van der Waals surface area contributed by atoms with Crippen molar-refractivity contribution in [3.63, 3.8) is 0 Å². The fourth-order valence-electron chi connectivity index (χ4n) is 4.29. The van der Waals surface area contributed by atoms with Gasteiger partial charge < -0.3 is 10.2 Å². The normalized spacial score (nSPS) is 12.7. The lowest BCUT2D eigenvalue weighted by atomic mass is 9.88. The van der Waals surface area contributed by atoms with E-state index >= 15 is 0 Å². The van der Waals surface area contributed by atoms with E-state index in [2.05, 4.69) is 5.32 Å². The molecule has 2 amide bonds. The summed E-state index contributed by atoms with van der Waals surface area (Å²) in [5.41, 5.74) is 2.94. The van der Waals surface area contributed by atoms with E-state index < -0.39 is 6.04 Å². The van der Waals surface area contributed by atoms with Gasteiger partial charge in [0.15, 0.2) is 0 Å². The fourth-order valence-corrected chi connectivity index (χ4v) is 4.61. The van der Waals surface area contributed by atoms with E-state index in [4.69, 9.17) is 23.2 Å². The van der Waals surface area contributed by atoms with Gasteiger partial charge in [0.05, 0.1) is 10.0 Å². The number of rotatable bonds is 11. The molecule has 0 saturated carbocycles. The van der Waals surface area contributed by atoms with E-state index in [1.165, 1.54) is 0 Å². The van der Waals surface area contributed by atoms with E-state index in [-0.39, 0.29) is 36.7 Å². The maximum atomic E-state index is 14.0. The lowest BCUT2D eigenvalue weighted by molar-refractivity contribution is -0.141. The van der Waals surface area contributed by atoms with Gasteiger partial charge in [-0.3, -0.25) is 9.59 Å². The van der Waals surface area contributed by atoms with Gasteiger partial charge in [-0.2, -0.15) is 0 Å². The van der Waals surface area contributed by atoms with E-state index in [0.29, 0.717) is 16.5 Å². The van der Waals surface area contributed by atoms with Crippen LogP contribution >= 0.6 is 23.2 Å². The number of nitrogens with zero attached hydrogens (tertiary/aromatic N) is 1. The zero-order valence-electron chi connectivity index (χ0n) is 21.1. The van der Waals surface area contributed by atoms with Crippen LogP contribution < -0.4 is 5.32 Å². The Morgan fingerprint density at radius 1 is 0.833 bits per heavy atom. The monoisotopic (exact) mass is 524 g/mol. The molecule has 0 spiro atoms. The third kappa shape index (κ3) is 7.35. The maximum absolute atomic E-state index is 14.0. The highest BCUT2D eigenvalue weighted by Gasteiger charge is 2.31. The van der Waals surface area contributed by atoms with Crippen molar-refractivity contribution in [3.05, 3.63) is 106 Å². The van der Waals surface area contributed by atoms with Gasteiger partial charge in [-0.1, -0.05) is 104 Å². The molecule has 3 aromatic carbocycles. The first kappa shape index (κ1) is 27.8. The average molecular weight is 526 g/mol. The van der Waals surface area contributed by atoms with Gasteiger partial charge in [-0.15, -0.1) is 0 Å². The Labute approximate surface area is 224 Å². The van der Waals surface area contributed by atoms with Gasteiger partial charge >= 0.3 is 0 Å². The van der Waals surface area contributed by atoms with Gasteiger partial charge in [0.1, 0.15) is 6.04 Å². The Morgan fingerprint density at radius 2 is 1.42 bits per heavy atom. The predicted octanol–water partition coefficient (Wildman–Crippen LogP) is 7.24. The average Bonchev–Trinajstić information content (AvgIpc) is 2.90. The quantitative estimate of drug-likeness (QED) is 0.287. The van der Waals surface area contributed by atoms with Crippen LogP contribution in [0.3, 0.4) is 0 Å². The summed E-state index contributed by atoms with van der Waals surface area (Å²) in [6, 6.07) is 24.8. The van der Waals surface area contributed by atoms with Crippen LogP contribution in [0.4, 0.5) is 0 Å². The molecule has 0 aromatic heterocycles. The predicted molar refractivity (Wildman–Crippen MR) is 148 cm³/mol. The molecule has 3 rings (SSSR count). The molecule has 36 heavy (non-hydrogen) atoms. The third-order valence-corrected chi connectivity index (χ3v) is 7.25. The number of carbonyl (C=O) groups excluding carboxylic acids is 2. The van der Waals surface area contributed by atoms with Gasteiger partial charge in [-0.05, 0) is 48.6 Å². The van der Waals surface area contributed by atoms with Crippen LogP contribution in [-0.2, 0) is 16.1 Å². The maximum Gasteiger partial charge on any atom is 0.243 e. The molecule has 0 aliphatic rings. The highest BCUT2D eigenvalue weighted by atomic mass is 35.5. The number of hydrogen-bond acceptors (Lipinski definition) is 2. The van der Waals surface area contributed by atoms with Gasteiger partial charge in [0.2, 0.25) is 11.8 Å². The number of amides is 2. The van der Waals surface area contributed by atoms with Crippen molar-refractivity contribution in [1.29, 1.82) is 0 Å². The third-order valence-electron chi connectivity index (χ3n) is 6.51. The SMILES string of the molecule is CC[C@@H](C)NC(=O)[C@H](CC)N(Cc1ccc(Cl)c(Cl)c1)C(=O)CC(c1ccccc1)c1ccccc1. The van der Waals surface area contributed by atoms with Crippen molar-refractivity contribution >= 4 is 35.0 Å². The van der Waals surface area contributed by atoms with Crippen LogP contribution in [0.15, 0.2) is 78.9 Å². The summed E-state index contributed by atoms with van der Waals surface area (Å²) in [4.78, 5) is 29.0. The minimum absolute atomic E-state index is 0.0230. The second-order valence-corrected chi connectivity index (χ2v) is 9.90. The summed E-state index contributed by atoms with van der Waals surface area (Å²) in [7, 11) is 0. The molecule has 3 aromatic rings. The first-order chi connectivity index (χ1) is 17.3. The van der Waals surface area contributed by atoms with E-state index in [0.717, 1.165) is 23.1 Å². The zero-order valence-corrected chi connectivity index (χ0v) is 22.6. The van der Waals surface area contributed by atoms with Crippen LogP contribution in [0.2, 0.25) is 10.0 Å². The minimum atomic E-state index is -0.604. The largest absolute Gasteiger partial charge is 0.352 e. The summed E-state index contributed by atoms with van der Waals surface area (Å²) in [5, 5.41) is 3.93. The molecule has 0 saturated heterocycles. The molecule has 1 N–H and O–H groups in total. The second-order valence-electron chi connectivity index (χ2n) is 9.09. The van der Waals surface area contributed by atoms with Crippen LogP contribution in [0.1, 0.15) is 62.6 Å². The lowest BCUT2D eigenvalue weighted by Gasteiger charge is -2.33. The Hall–Kier alpha value is -2.82. The molecule has 0 unspecified atom stereocenters. The highest BCUT2D eigenvalue weighted by Crippen LogP contribution is 2.30. The molecule has 0 radical (unpaired) electrons. The summed E-state index contributed by atoms with van der Waals surface area (Å²) in [6.45, 7) is 6.19. The van der Waals surface area contributed by atoms with Crippen LogP contribution in [0.25, 0.3) is 0 Å². The number of benzene rings is 3. The molecule has 0 aliphatic heterocycles. The van der Waals surface area contributed by atoms with Crippen LogP contribution in [-0.4, -0.2) is 28.8 Å². The molecule has 2 atom stereocenters. The van der Waals surface area contributed by atoms with Crippen LogP contribution in [0, 0.1) is 0 Å². The van der Waals surface area contributed by atoms with Crippen molar-refractivity contribution in [2.45, 2.75) is 64.6 Å². The molecule has 0 aliphatic carbocycles. The van der Waals surface area contributed by atoms with E-state index in [1.807, 2.05) is 87.5 Å². The number of nitrogens with one attached hydrogen (secondary N) is 1. The van der Waals surface area contributed by atoms with Crippen molar-refractivity contribution in [2.24, 2.45) is 0 Å². The van der Waals surface area contributed by atoms with Gasteiger partial charge in [0, 0.05) is 24.9 Å². The van der Waals surface area contributed by atoms with Crippen molar-refractivity contribution in [3.8, 4) is 0 Å². The highest BCUT2D eigenvalue weighted by molar-refractivity contribution is 6.42. The smallest absolute Gasteiger partial charge is 0.243 e. The fraction of sp³-hybridized carbons (Fsp3) is 0.333. The summed E-state index contributed by atoms with van der Waals surface area (Å²) < 4.78 is 0. The van der Waals surface area contributed by atoms with Gasteiger partial charge in [-0.25, -0.2) is 0 Å². The zero-order chi connectivity index (χ0) is 26.1. The topological polar surface area (TPSA) is 49.4 Å². The molecule has 0 heterocycles. The molecule has 4 nitrogen and oxygen atoms in total. The standard InChI is InChI=1S/C30H34Cl2N2O2/c1-4-21(3)33-30(36)28(5-2)34(20-22-16-17-26(31)27(32)18-22)29(35)19-25(23-12-8-6-9-13-23)24-14-10-7-11-15-24/h6-18,21,25,28H,4-5,19-20H2,1-3H3,(H,33,36)/t21-,28+/m1/s1. The summed E-state index contributed by atoms with van der Waals surface area (Å²) in [6.07, 6.45) is 1.55. The summed E-state index contributed by atoms with van der Waals surface area (Å²) >= 11 is 12.4. The molecule has 0 bridgehead atoms. The summed E-state index contributed by atoms with van der Waals surface area (Å²) in [5.74, 6) is -0.368. The Balaban J connectivity index is 1.96. The number of halogens is 2. The number of hydrogen-bond donors (Lipinski definition) is 1. The minimum Gasteiger partial charge on any atom is -0.352 e. The molecular formula is C30H34Cl2N2O2. The van der Waals surface area contributed by atoms with Gasteiger partial charge in [0.25, 0.3) is 0 Å². The van der Waals surface area contributed by atoms with Crippen molar-refractivity contribution in [1.82, 2.24) is 10.2 Å². The van der Waals surface area contributed by atoms with E-state index in [1.54, 1.807) is 17.0 Å². The Morgan fingerprint density at radius 3 is 1.92 bits per heavy atom. The Bertz CT molecular complexity index is 1100. The van der Waals surface area contributed by atoms with E-state index in [9.17, 15) is 9.59 Å². The molecular weight excluding hydrogens is 491 g/mol. The molecule has 6 heteroatoms. The Kier molecular flexibility index (Phi) is 10.4. The number of carbonyl (C=O) groups is 2. The second kappa shape index (κ2) is 13.5. The van der Waals surface area contributed by atoms with Crippen molar-refractivity contribution < 1.29 is 9.59 Å². The lowest BCUT2D eigenvalue weighted by Crippen LogP contribution is -2.51. The molecule has 190 valence electrons. The van der Waals surface area contributed by atoms with Crippen molar-refractivity contribution in [2.75, 3.05) is 0 Å².